The Bertz CT molecular complexity index is 992. The highest BCUT2D eigenvalue weighted by Gasteiger charge is 2.22. The molecule has 1 amide bonds. The minimum atomic E-state index is -3.81. The summed E-state index contributed by atoms with van der Waals surface area (Å²) >= 11 is 0. The van der Waals surface area contributed by atoms with E-state index < -0.39 is 33.6 Å². The average Bonchev–Trinajstić information content (AvgIpc) is 3.20. The Morgan fingerprint density at radius 2 is 2.03 bits per heavy atom. The summed E-state index contributed by atoms with van der Waals surface area (Å²) in [4.78, 5) is 12.5. The predicted molar refractivity (Wildman–Crippen MR) is 103 cm³/mol. The van der Waals surface area contributed by atoms with Crippen molar-refractivity contribution in [2.75, 3.05) is 13.2 Å². The van der Waals surface area contributed by atoms with Gasteiger partial charge in [-0.1, -0.05) is 12.1 Å². The Hall–Kier alpha value is -2.36. The van der Waals surface area contributed by atoms with Gasteiger partial charge in [0.15, 0.2) is 0 Å². The van der Waals surface area contributed by atoms with Crippen LogP contribution in [-0.4, -0.2) is 33.6 Å². The molecule has 1 aliphatic rings. The summed E-state index contributed by atoms with van der Waals surface area (Å²) in [6.45, 7) is 2.34. The van der Waals surface area contributed by atoms with E-state index in [9.17, 15) is 22.0 Å². The van der Waals surface area contributed by atoms with Gasteiger partial charge in [-0.2, -0.15) is 0 Å². The van der Waals surface area contributed by atoms with Crippen LogP contribution in [-0.2, 0) is 14.8 Å². The van der Waals surface area contributed by atoms with Crippen molar-refractivity contribution in [2.24, 2.45) is 0 Å². The van der Waals surface area contributed by atoms with Crippen molar-refractivity contribution in [1.29, 1.82) is 0 Å². The van der Waals surface area contributed by atoms with Gasteiger partial charge in [-0.15, -0.1) is 0 Å². The number of rotatable bonds is 7. The fourth-order valence-electron chi connectivity index (χ4n) is 3.11. The molecule has 0 aliphatic carbocycles. The zero-order valence-electron chi connectivity index (χ0n) is 15.8. The van der Waals surface area contributed by atoms with Crippen LogP contribution >= 0.6 is 0 Å². The van der Waals surface area contributed by atoms with Crippen LogP contribution in [0.2, 0.25) is 0 Å². The number of amides is 1. The van der Waals surface area contributed by atoms with Crippen LogP contribution in [0.4, 0.5) is 8.78 Å². The predicted octanol–water partition coefficient (Wildman–Crippen LogP) is 2.91. The third kappa shape index (κ3) is 5.37. The summed E-state index contributed by atoms with van der Waals surface area (Å²) in [5.41, 5.74) is 0.237. The van der Waals surface area contributed by atoms with Gasteiger partial charge in [0, 0.05) is 30.3 Å². The van der Waals surface area contributed by atoms with Gasteiger partial charge in [0.25, 0.3) is 5.91 Å². The maximum atomic E-state index is 13.9. The molecule has 0 radical (unpaired) electrons. The van der Waals surface area contributed by atoms with E-state index in [1.165, 1.54) is 30.3 Å². The fourth-order valence-corrected chi connectivity index (χ4v) is 4.22. The van der Waals surface area contributed by atoms with Crippen molar-refractivity contribution in [3.63, 3.8) is 0 Å². The van der Waals surface area contributed by atoms with Crippen molar-refractivity contribution in [3.05, 3.63) is 65.2 Å². The second-order valence-corrected chi connectivity index (χ2v) is 8.64. The Morgan fingerprint density at radius 3 is 2.72 bits per heavy atom. The topological polar surface area (TPSA) is 84.5 Å². The lowest BCUT2D eigenvalue weighted by atomic mass is 10.1. The summed E-state index contributed by atoms with van der Waals surface area (Å²) in [6, 6.07) is 7.92. The van der Waals surface area contributed by atoms with Crippen LogP contribution in [0.5, 0.6) is 0 Å². The number of halogens is 2. The monoisotopic (exact) mass is 424 g/mol. The van der Waals surface area contributed by atoms with Crippen LogP contribution < -0.4 is 10.0 Å². The number of hydrogen-bond acceptors (Lipinski definition) is 4. The van der Waals surface area contributed by atoms with Gasteiger partial charge in [0.2, 0.25) is 10.0 Å². The summed E-state index contributed by atoms with van der Waals surface area (Å²) in [6.07, 6.45) is 1.54. The Kier molecular flexibility index (Phi) is 6.61. The summed E-state index contributed by atoms with van der Waals surface area (Å²) in [7, 11) is -3.81. The molecule has 6 nitrogen and oxygen atoms in total. The first kappa shape index (κ1) is 21.4. The van der Waals surface area contributed by atoms with Crippen LogP contribution in [0.1, 0.15) is 41.7 Å². The van der Waals surface area contributed by atoms with E-state index in [4.69, 9.17) is 4.74 Å². The third-order valence-electron chi connectivity index (χ3n) is 4.71. The van der Waals surface area contributed by atoms with Gasteiger partial charge in [-0.05, 0) is 44.0 Å². The normalized spacial score (nSPS) is 17.8. The standard InChI is InChI=1S/C20H22F2N2O4S/c1-13(18-8-7-15(21)11-19(18)22)24-20(25)14-4-2-6-17(10-14)29(26,27)23-12-16-5-3-9-28-16/h2,4,6-8,10-11,13,16,23H,3,5,9,12H2,1H3,(H,24,25). The number of ether oxygens (including phenoxy) is 1. The molecule has 0 bridgehead atoms. The molecule has 2 atom stereocenters. The molecule has 1 heterocycles. The summed E-state index contributed by atoms with van der Waals surface area (Å²) in [5, 5.41) is 2.59. The van der Waals surface area contributed by atoms with Crippen molar-refractivity contribution >= 4 is 15.9 Å². The van der Waals surface area contributed by atoms with E-state index in [2.05, 4.69) is 10.0 Å². The maximum absolute atomic E-state index is 13.9. The first-order valence-electron chi connectivity index (χ1n) is 9.23. The summed E-state index contributed by atoms with van der Waals surface area (Å²) < 4.78 is 59.9. The van der Waals surface area contributed by atoms with E-state index in [0.717, 1.165) is 25.0 Å². The molecule has 1 fully saturated rings. The SMILES string of the molecule is CC(NC(=O)c1cccc(S(=O)(=O)NCC2CCCO2)c1)c1ccc(F)cc1F. The zero-order valence-corrected chi connectivity index (χ0v) is 16.6. The van der Waals surface area contributed by atoms with Crippen molar-refractivity contribution < 1.29 is 26.7 Å². The fraction of sp³-hybridized carbons (Fsp3) is 0.350. The van der Waals surface area contributed by atoms with E-state index >= 15 is 0 Å². The maximum Gasteiger partial charge on any atom is 0.251 e. The molecule has 0 spiro atoms. The Labute approximate surface area is 168 Å². The lowest BCUT2D eigenvalue weighted by Crippen LogP contribution is -2.32. The van der Waals surface area contributed by atoms with E-state index in [0.29, 0.717) is 6.61 Å². The number of nitrogens with one attached hydrogen (secondary N) is 2. The number of carbonyl (C=O) groups excluding carboxylic acids is 1. The molecular weight excluding hydrogens is 402 g/mol. The number of sulfonamides is 1. The van der Waals surface area contributed by atoms with Gasteiger partial charge < -0.3 is 10.1 Å². The van der Waals surface area contributed by atoms with Gasteiger partial charge in [0.05, 0.1) is 17.0 Å². The smallest absolute Gasteiger partial charge is 0.251 e. The molecule has 9 heteroatoms. The molecule has 1 saturated heterocycles. The quantitative estimate of drug-likeness (QED) is 0.716. The molecule has 156 valence electrons. The zero-order chi connectivity index (χ0) is 21.0. The first-order valence-corrected chi connectivity index (χ1v) is 10.7. The highest BCUT2D eigenvalue weighted by Crippen LogP contribution is 2.19. The molecule has 2 N–H and O–H groups in total. The van der Waals surface area contributed by atoms with Crippen LogP contribution in [0.25, 0.3) is 0 Å². The molecule has 29 heavy (non-hydrogen) atoms. The van der Waals surface area contributed by atoms with Crippen molar-refractivity contribution in [2.45, 2.75) is 36.8 Å². The van der Waals surface area contributed by atoms with Gasteiger partial charge in [-0.25, -0.2) is 21.9 Å². The second-order valence-electron chi connectivity index (χ2n) is 6.88. The average molecular weight is 424 g/mol. The van der Waals surface area contributed by atoms with Crippen molar-refractivity contribution in [1.82, 2.24) is 10.0 Å². The summed E-state index contributed by atoms with van der Waals surface area (Å²) in [5.74, 6) is -2.05. The number of carbonyl (C=O) groups is 1. The Morgan fingerprint density at radius 1 is 1.24 bits per heavy atom. The number of hydrogen-bond donors (Lipinski definition) is 2. The minimum Gasteiger partial charge on any atom is -0.377 e. The second kappa shape index (κ2) is 8.98. The molecule has 2 aromatic carbocycles. The molecule has 3 rings (SSSR count). The van der Waals surface area contributed by atoms with Gasteiger partial charge in [0.1, 0.15) is 11.6 Å². The molecule has 1 aliphatic heterocycles. The first-order chi connectivity index (χ1) is 13.8. The molecule has 2 unspecified atom stereocenters. The lowest BCUT2D eigenvalue weighted by molar-refractivity contribution is 0.0939. The van der Waals surface area contributed by atoms with Crippen LogP contribution in [0.3, 0.4) is 0 Å². The largest absolute Gasteiger partial charge is 0.377 e. The van der Waals surface area contributed by atoms with E-state index in [1.807, 2.05) is 0 Å². The minimum absolute atomic E-state index is 0.0521. The highest BCUT2D eigenvalue weighted by atomic mass is 32.2. The van der Waals surface area contributed by atoms with Gasteiger partial charge >= 0.3 is 0 Å². The number of benzene rings is 2. The third-order valence-corrected chi connectivity index (χ3v) is 6.13. The molecular formula is C20H22F2N2O4S. The molecule has 0 saturated carbocycles. The van der Waals surface area contributed by atoms with Crippen LogP contribution in [0, 0.1) is 11.6 Å². The van der Waals surface area contributed by atoms with Crippen molar-refractivity contribution in [3.8, 4) is 0 Å². The van der Waals surface area contributed by atoms with E-state index in [-0.39, 0.29) is 28.7 Å². The molecule has 2 aromatic rings. The van der Waals surface area contributed by atoms with Gasteiger partial charge in [-0.3, -0.25) is 4.79 Å². The Balaban J connectivity index is 1.69. The lowest BCUT2D eigenvalue weighted by Gasteiger charge is -2.16. The molecule has 0 aromatic heterocycles. The van der Waals surface area contributed by atoms with E-state index in [1.54, 1.807) is 6.92 Å². The van der Waals surface area contributed by atoms with Crippen LogP contribution in [0.15, 0.2) is 47.4 Å². The highest BCUT2D eigenvalue weighted by molar-refractivity contribution is 7.89.